The van der Waals surface area contributed by atoms with Gasteiger partial charge >= 0.3 is 11.8 Å². The van der Waals surface area contributed by atoms with Crippen molar-refractivity contribution in [2.45, 2.75) is 25.6 Å². The first-order valence-corrected chi connectivity index (χ1v) is 4.21. The number of nitro groups is 1. The molecule has 0 fully saturated rings. The van der Waals surface area contributed by atoms with Crippen molar-refractivity contribution in [3.63, 3.8) is 0 Å². The average Bonchev–Trinajstić information content (AvgIpc) is 2.48. The number of hydrogen-bond acceptors (Lipinski definition) is 5. The molecule has 0 unspecified atom stereocenters. The Morgan fingerprint density at radius 1 is 1.86 bits per heavy atom. The quantitative estimate of drug-likeness (QED) is 0.502. The molecule has 0 spiro atoms. The van der Waals surface area contributed by atoms with Gasteiger partial charge in [-0.2, -0.15) is 0 Å². The van der Waals surface area contributed by atoms with E-state index in [0.29, 0.717) is 6.54 Å². The van der Waals surface area contributed by atoms with E-state index in [4.69, 9.17) is 10.5 Å². The maximum Gasteiger partial charge on any atom is 0.414 e. The molecule has 1 aliphatic heterocycles. The maximum atomic E-state index is 10.4. The Labute approximate surface area is 79.6 Å². The molecule has 1 aromatic heterocycles. The zero-order valence-corrected chi connectivity index (χ0v) is 7.58. The molecule has 0 amide bonds. The molecule has 0 bridgehead atoms. The summed E-state index contributed by atoms with van der Waals surface area (Å²) in [6.45, 7) is 2.31. The van der Waals surface area contributed by atoms with Gasteiger partial charge in [-0.1, -0.05) is 0 Å². The van der Waals surface area contributed by atoms with Crippen molar-refractivity contribution < 1.29 is 9.66 Å². The zero-order chi connectivity index (χ0) is 10.3. The minimum absolute atomic E-state index is 0.156. The first kappa shape index (κ1) is 8.95. The molecule has 0 aliphatic carbocycles. The summed E-state index contributed by atoms with van der Waals surface area (Å²) in [4.78, 5) is 13.6. The number of nitrogens with zero attached hydrogens (tertiary/aromatic N) is 3. The van der Waals surface area contributed by atoms with E-state index in [1.807, 2.05) is 6.92 Å². The Kier molecular flexibility index (Phi) is 1.88. The van der Waals surface area contributed by atoms with Gasteiger partial charge in [-0.25, -0.2) is 0 Å². The Bertz CT molecular complexity index is 348. The molecule has 7 heteroatoms. The standard InChI is InChI=1S/C7H10N4O3/c1-4-5(8)2-10-3-6(11(12)13)9-7(10)14-4/h3-5H,2,8H2,1H3/t4-,5+/m1/s1. The average molecular weight is 198 g/mol. The van der Waals surface area contributed by atoms with Crippen LogP contribution in [-0.4, -0.2) is 26.6 Å². The minimum Gasteiger partial charge on any atom is -0.441 e. The van der Waals surface area contributed by atoms with E-state index >= 15 is 0 Å². The van der Waals surface area contributed by atoms with Crippen molar-refractivity contribution in [1.82, 2.24) is 9.55 Å². The first-order chi connectivity index (χ1) is 6.58. The van der Waals surface area contributed by atoms with Crippen LogP contribution in [0.2, 0.25) is 0 Å². The van der Waals surface area contributed by atoms with Gasteiger partial charge in [-0.3, -0.25) is 4.57 Å². The molecule has 0 aromatic carbocycles. The first-order valence-electron chi connectivity index (χ1n) is 4.21. The Balaban J connectivity index is 2.34. The fraction of sp³-hybridized carbons (Fsp3) is 0.571. The third-order valence-corrected chi connectivity index (χ3v) is 2.22. The van der Waals surface area contributed by atoms with Crippen LogP contribution in [0.1, 0.15) is 6.92 Å². The lowest BCUT2D eigenvalue weighted by Gasteiger charge is -2.24. The SMILES string of the molecule is C[C@H]1Oc2nc([N+](=O)[O-])cn2C[C@@H]1N. The number of nitrogens with two attached hydrogens (primary N) is 1. The Morgan fingerprint density at radius 3 is 3.21 bits per heavy atom. The highest BCUT2D eigenvalue weighted by atomic mass is 16.6. The lowest BCUT2D eigenvalue weighted by molar-refractivity contribution is -0.389. The minimum atomic E-state index is -0.551. The molecule has 1 aromatic rings. The smallest absolute Gasteiger partial charge is 0.414 e. The summed E-state index contributed by atoms with van der Waals surface area (Å²) in [6, 6.07) is 0.113. The molecule has 1 aliphatic rings. The van der Waals surface area contributed by atoms with Crippen molar-refractivity contribution in [3.8, 4) is 6.01 Å². The number of hydrogen-bond donors (Lipinski definition) is 1. The highest BCUT2D eigenvalue weighted by Gasteiger charge is 2.30. The summed E-state index contributed by atoms with van der Waals surface area (Å²) in [6.07, 6.45) is 1.17. The van der Waals surface area contributed by atoms with Crippen molar-refractivity contribution in [3.05, 3.63) is 16.3 Å². The van der Waals surface area contributed by atoms with Gasteiger partial charge < -0.3 is 20.6 Å². The van der Waals surface area contributed by atoms with Crippen molar-refractivity contribution in [1.29, 1.82) is 0 Å². The normalized spacial score (nSPS) is 25.3. The monoisotopic (exact) mass is 198 g/mol. The fourth-order valence-electron chi connectivity index (χ4n) is 1.33. The zero-order valence-electron chi connectivity index (χ0n) is 7.58. The van der Waals surface area contributed by atoms with Gasteiger partial charge in [-0.15, -0.1) is 0 Å². The second kappa shape index (κ2) is 2.95. The van der Waals surface area contributed by atoms with Gasteiger partial charge in [-0.05, 0) is 11.8 Å². The number of rotatable bonds is 1. The van der Waals surface area contributed by atoms with Crippen LogP contribution < -0.4 is 10.5 Å². The summed E-state index contributed by atoms with van der Waals surface area (Å²) in [7, 11) is 0. The van der Waals surface area contributed by atoms with Gasteiger partial charge in [0.2, 0.25) is 0 Å². The molecular formula is C7H10N4O3. The summed E-state index contributed by atoms with van der Waals surface area (Å²) in [5, 5.41) is 10.4. The van der Waals surface area contributed by atoms with Gasteiger partial charge in [0, 0.05) is 11.5 Å². The van der Waals surface area contributed by atoms with E-state index in [9.17, 15) is 10.1 Å². The molecule has 14 heavy (non-hydrogen) atoms. The largest absolute Gasteiger partial charge is 0.441 e. The molecule has 0 saturated carbocycles. The number of fused-ring (bicyclic) bond motifs is 1. The molecule has 76 valence electrons. The summed E-state index contributed by atoms with van der Waals surface area (Å²) in [5.41, 5.74) is 5.73. The molecule has 0 radical (unpaired) electrons. The van der Waals surface area contributed by atoms with Gasteiger partial charge in [0.05, 0.1) is 6.04 Å². The topological polar surface area (TPSA) is 96.2 Å². The van der Waals surface area contributed by atoms with Crippen LogP contribution in [0.25, 0.3) is 0 Å². The molecule has 7 nitrogen and oxygen atoms in total. The van der Waals surface area contributed by atoms with Crippen LogP contribution in [0.15, 0.2) is 6.20 Å². The highest BCUT2D eigenvalue weighted by Crippen LogP contribution is 2.23. The summed E-state index contributed by atoms with van der Waals surface area (Å²) in [5.74, 6) is -0.207. The summed E-state index contributed by atoms with van der Waals surface area (Å²) >= 11 is 0. The summed E-state index contributed by atoms with van der Waals surface area (Å²) < 4.78 is 6.86. The van der Waals surface area contributed by atoms with Crippen LogP contribution >= 0.6 is 0 Å². The lowest BCUT2D eigenvalue weighted by atomic mass is 10.2. The molecule has 2 atom stereocenters. The molecular weight excluding hydrogens is 188 g/mol. The molecule has 2 N–H and O–H groups in total. The number of aromatic nitrogens is 2. The van der Waals surface area contributed by atoms with Crippen molar-refractivity contribution in [2.75, 3.05) is 0 Å². The van der Waals surface area contributed by atoms with Crippen LogP contribution in [-0.2, 0) is 6.54 Å². The van der Waals surface area contributed by atoms with E-state index in [-0.39, 0.29) is 24.0 Å². The molecule has 0 saturated heterocycles. The predicted molar refractivity (Wildman–Crippen MR) is 46.9 cm³/mol. The van der Waals surface area contributed by atoms with Gasteiger partial charge in [0.15, 0.2) is 0 Å². The highest BCUT2D eigenvalue weighted by molar-refractivity contribution is 5.22. The fourth-order valence-corrected chi connectivity index (χ4v) is 1.33. The van der Waals surface area contributed by atoms with Crippen LogP contribution in [0.4, 0.5) is 5.82 Å². The van der Waals surface area contributed by atoms with Crippen LogP contribution in [0.5, 0.6) is 6.01 Å². The van der Waals surface area contributed by atoms with Crippen LogP contribution in [0, 0.1) is 10.1 Å². The van der Waals surface area contributed by atoms with Gasteiger partial charge in [0.25, 0.3) is 0 Å². The van der Waals surface area contributed by atoms with Crippen molar-refractivity contribution >= 4 is 5.82 Å². The molecule has 2 rings (SSSR count). The Morgan fingerprint density at radius 2 is 2.57 bits per heavy atom. The van der Waals surface area contributed by atoms with Crippen molar-refractivity contribution in [2.24, 2.45) is 5.73 Å². The van der Waals surface area contributed by atoms with E-state index in [0.717, 1.165) is 0 Å². The van der Waals surface area contributed by atoms with E-state index in [2.05, 4.69) is 4.98 Å². The van der Waals surface area contributed by atoms with E-state index in [1.165, 1.54) is 6.20 Å². The second-order valence-electron chi connectivity index (χ2n) is 3.28. The Hall–Kier alpha value is -1.63. The third kappa shape index (κ3) is 1.31. The lowest BCUT2D eigenvalue weighted by Crippen LogP contribution is -2.44. The molecule has 2 heterocycles. The number of ether oxygens (including phenoxy) is 1. The van der Waals surface area contributed by atoms with Crippen LogP contribution in [0.3, 0.4) is 0 Å². The van der Waals surface area contributed by atoms with E-state index < -0.39 is 4.92 Å². The van der Waals surface area contributed by atoms with Gasteiger partial charge in [0.1, 0.15) is 12.3 Å². The number of imidazole rings is 1. The maximum absolute atomic E-state index is 10.4. The second-order valence-corrected chi connectivity index (χ2v) is 3.28. The van der Waals surface area contributed by atoms with E-state index in [1.54, 1.807) is 4.57 Å². The third-order valence-electron chi connectivity index (χ3n) is 2.22. The predicted octanol–water partition coefficient (Wildman–Crippen LogP) is -0.101.